The Morgan fingerprint density at radius 2 is 1.62 bits per heavy atom. The summed E-state index contributed by atoms with van der Waals surface area (Å²) in [4.78, 5) is 0. The van der Waals surface area contributed by atoms with Crippen molar-refractivity contribution in [2.45, 2.75) is 33.7 Å². The summed E-state index contributed by atoms with van der Waals surface area (Å²) in [6.07, 6.45) is 0. The molecule has 0 bridgehead atoms. The Labute approximate surface area is 128 Å². The molecule has 112 valence electrons. The average molecular weight is 283 g/mol. The minimum Gasteiger partial charge on any atom is -0.494 e. The summed E-state index contributed by atoms with van der Waals surface area (Å²) in [5, 5.41) is 3.44. The molecule has 1 N–H and O–H groups in total. The van der Waals surface area contributed by atoms with Gasteiger partial charge in [-0.05, 0) is 63.1 Å². The van der Waals surface area contributed by atoms with Crippen molar-refractivity contribution in [2.24, 2.45) is 0 Å². The molecule has 0 fully saturated rings. The molecule has 1 unspecified atom stereocenters. The van der Waals surface area contributed by atoms with Gasteiger partial charge in [0.15, 0.2) is 0 Å². The zero-order valence-electron chi connectivity index (χ0n) is 13.7. The van der Waals surface area contributed by atoms with Crippen LogP contribution in [-0.4, -0.2) is 13.7 Å². The molecule has 2 rings (SSSR count). The molecule has 0 saturated carbocycles. The van der Waals surface area contributed by atoms with E-state index >= 15 is 0 Å². The molecule has 2 aromatic rings. The quantitative estimate of drug-likeness (QED) is 0.882. The van der Waals surface area contributed by atoms with E-state index < -0.39 is 0 Å². The number of hydrogen-bond acceptors (Lipinski definition) is 2. The van der Waals surface area contributed by atoms with Gasteiger partial charge in [0.25, 0.3) is 0 Å². The number of rotatable bonds is 5. The molecule has 2 nitrogen and oxygen atoms in total. The SMILES string of the molecule is CCOc1ccccc1C(NC)c1cc(C)c(C)cc1C. The van der Waals surface area contributed by atoms with Gasteiger partial charge in [0.2, 0.25) is 0 Å². The lowest BCUT2D eigenvalue weighted by molar-refractivity contribution is 0.334. The van der Waals surface area contributed by atoms with Crippen molar-refractivity contribution in [3.63, 3.8) is 0 Å². The van der Waals surface area contributed by atoms with Gasteiger partial charge in [0.1, 0.15) is 5.75 Å². The van der Waals surface area contributed by atoms with Crippen LogP contribution in [0.4, 0.5) is 0 Å². The van der Waals surface area contributed by atoms with E-state index in [1.165, 1.54) is 27.8 Å². The highest BCUT2D eigenvalue weighted by Gasteiger charge is 2.18. The van der Waals surface area contributed by atoms with E-state index in [1.54, 1.807) is 0 Å². The van der Waals surface area contributed by atoms with Gasteiger partial charge in [-0.25, -0.2) is 0 Å². The highest BCUT2D eigenvalue weighted by atomic mass is 16.5. The van der Waals surface area contributed by atoms with E-state index in [9.17, 15) is 0 Å². The third-order valence-corrected chi connectivity index (χ3v) is 4.01. The fourth-order valence-corrected chi connectivity index (χ4v) is 2.78. The van der Waals surface area contributed by atoms with Crippen LogP contribution in [0.3, 0.4) is 0 Å². The van der Waals surface area contributed by atoms with Gasteiger partial charge >= 0.3 is 0 Å². The average Bonchev–Trinajstić information content (AvgIpc) is 2.47. The maximum Gasteiger partial charge on any atom is 0.124 e. The van der Waals surface area contributed by atoms with Crippen molar-refractivity contribution < 1.29 is 4.74 Å². The van der Waals surface area contributed by atoms with Crippen LogP contribution in [0.25, 0.3) is 0 Å². The Hall–Kier alpha value is -1.80. The summed E-state index contributed by atoms with van der Waals surface area (Å²) in [5.41, 5.74) is 6.47. The highest BCUT2D eigenvalue weighted by molar-refractivity contribution is 5.46. The van der Waals surface area contributed by atoms with E-state index in [-0.39, 0.29) is 6.04 Å². The lowest BCUT2D eigenvalue weighted by Crippen LogP contribution is -2.20. The number of para-hydroxylation sites is 1. The molecule has 0 amide bonds. The van der Waals surface area contributed by atoms with Gasteiger partial charge in [-0.15, -0.1) is 0 Å². The molecule has 0 aliphatic rings. The van der Waals surface area contributed by atoms with Crippen LogP contribution in [0.15, 0.2) is 36.4 Å². The first-order chi connectivity index (χ1) is 10.1. The Morgan fingerprint density at radius 1 is 0.952 bits per heavy atom. The van der Waals surface area contributed by atoms with Crippen LogP contribution in [0, 0.1) is 20.8 Å². The third-order valence-electron chi connectivity index (χ3n) is 4.01. The van der Waals surface area contributed by atoms with Crippen LogP contribution >= 0.6 is 0 Å². The van der Waals surface area contributed by atoms with E-state index in [1.807, 2.05) is 26.1 Å². The predicted molar refractivity (Wildman–Crippen MR) is 89.2 cm³/mol. The first-order valence-electron chi connectivity index (χ1n) is 7.55. The summed E-state index contributed by atoms with van der Waals surface area (Å²) in [6.45, 7) is 9.20. The van der Waals surface area contributed by atoms with Crippen LogP contribution in [0.2, 0.25) is 0 Å². The molecule has 0 aromatic heterocycles. The van der Waals surface area contributed by atoms with Crippen molar-refractivity contribution in [2.75, 3.05) is 13.7 Å². The van der Waals surface area contributed by atoms with Crippen molar-refractivity contribution in [3.05, 3.63) is 64.2 Å². The molecular weight excluding hydrogens is 258 g/mol. The fraction of sp³-hybridized carbons (Fsp3) is 0.368. The number of nitrogens with one attached hydrogen (secondary N) is 1. The maximum atomic E-state index is 5.80. The lowest BCUT2D eigenvalue weighted by atomic mass is 9.91. The molecule has 0 heterocycles. The largest absolute Gasteiger partial charge is 0.494 e. The summed E-state index contributed by atoms with van der Waals surface area (Å²) in [6, 6.07) is 13.0. The topological polar surface area (TPSA) is 21.3 Å². The van der Waals surface area contributed by atoms with Gasteiger partial charge < -0.3 is 10.1 Å². The van der Waals surface area contributed by atoms with Crippen LogP contribution in [0.5, 0.6) is 5.75 Å². The summed E-state index contributed by atoms with van der Waals surface area (Å²) < 4.78 is 5.80. The van der Waals surface area contributed by atoms with Gasteiger partial charge in [0, 0.05) is 5.56 Å². The maximum absolute atomic E-state index is 5.80. The van der Waals surface area contributed by atoms with Crippen molar-refractivity contribution >= 4 is 0 Å². The lowest BCUT2D eigenvalue weighted by Gasteiger charge is -2.23. The van der Waals surface area contributed by atoms with E-state index in [4.69, 9.17) is 4.74 Å². The standard InChI is InChI=1S/C19H25NO/c1-6-21-18-10-8-7-9-16(18)19(20-5)17-12-14(3)13(2)11-15(17)4/h7-12,19-20H,6H2,1-5H3. The Bertz CT molecular complexity index is 619. The monoisotopic (exact) mass is 283 g/mol. The zero-order valence-corrected chi connectivity index (χ0v) is 13.7. The van der Waals surface area contributed by atoms with Gasteiger partial charge in [-0.3, -0.25) is 0 Å². The Morgan fingerprint density at radius 3 is 2.29 bits per heavy atom. The van der Waals surface area contributed by atoms with Crippen LogP contribution in [0.1, 0.15) is 40.8 Å². The second-order valence-corrected chi connectivity index (χ2v) is 5.49. The van der Waals surface area contributed by atoms with Gasteiger partial charge in [-0.2, -0.15) is 0 Å². The summed E-state index contributed by atoms with van der Waals surface area (Å²) in [5.74, 6) is 0.956. The van der Waals surface area contributed by atoms with Crippen molar-refractivity contribution in [1.29, 1.82) is 0 Å². The van der Waals surface area contributed by atoms with Crippen LogP contribution < -0.4 is 10.1 Å². The van der Waals surface area contributed by atoms with Gasteiger partial charge in [-0.1, -0.05) is 30.3 Å². The molecular formula is C19H25NO. The molecule has 21 heavy (non-hydrogen) atoms. The van der Waals surface area contributed by atoms with Crippen molar-refractivity contribution in [1.82, 2.24) is 5.32 Å². The number of benzene rings is 2. The number of hydrogen-bond donors (Lipinski definition) is 1. The minimum atomic E-state index is 0.145. The first kappa shape index (κ1) is 15.6. The van der Waals surface area contributed by atoms with Crippen molar-refractivity contribution in [3.8, 4) is 5.75 Å². The molecule has 1 atom stereocenters. The third kappa shape index (κ3) is 3.27. The normalized spacial score (nSPS) is 12.2. The number of ether oxygens (including phenoxy) is 1. The number of aryl methyl sites for hydroxylation is 3. The fourth-order valence-electron chi connectivity index (χ4n) is 2.78. The molecule has 2 heteroatoms. The van der Waals surface area contributed by atoms with E-state index in [0.717, 1.165) is 5.75 Å². The smallest absolute Gasteiger partial charge is 0.124 e. The van der Waals surface area contributed by atoms with Crippen LogP contribution in [-0.2, 0) is 0 Å². The molecule has 0 saturated heterocycles. The highest BCUT2D eigenvalue weighted by Crippen LogP contribution is 2.32. The molecule has 2 aromatic carbocycles. The first-order valence-corrected chi connectivity index (χ1v) is 7.55. The summed E-state index contributed by atoms with van der Waals surface area (Å²) in [7, 11) is 2.00. The second kappa shape index (κ2) is 6.77. The molecule has 0 spiro atoms. The Kier molecular flexibility index (Phi) is 5.03. The molecule has 0 aliphatic carbocycles. The summed E-state index contributed by atoms with van der Waals surface area (Å²) >= 11 is 0. The minimum absolute atomic E-state index is 0.145. The van der Waals surface area contributed by atoms with E-state index in [2.05, 4.69) is 50.4 Å². The molecule has 0 aliphatic heterocycles. The Balaban J connectivity index is 2.52. The van der Waals surface area contributed by atoms with E-state index in [0.29, 0.717) is 6.61 Å². The zero-order chi connectivity index (χ0) is 15.4. The second-order valence-electron chi connectivity index (χ2n) is 5.49. The van der Waals surface area contributed by atoms with Gasteiger partial charge in [0.05, 0.1) is 12.6 Å². The predicted octanol–water partition coefficient (Wildman–Crippen LogP) is 4.32. The molecule has 0 radical (unpaired) electrons.